The van der Waals surface area contributed by atoms with Crippen molar-refractivity contribution < 1.29 is 26.3 Å². The molecule has 0 bridgehead atoms. The molecule has 15 heteroatoms. The lowest BCUT2D eigenvalue weighted by molar-refractivity contribution is -0.143. The predicted molar refractivity (Wildman–Crippen MR) is 113 cm³/mol. The lowest BCUT2D eigenvalue weighted by atomic mass is 9.84. The SMILES string of the molecule is N#CC(C#N)=c1c(C#N)c(C#N)c(=C(C#N)c2c(C#N)c(C(F)(F)F)cc(C(F)(F)F)c2C#N)c(C#N)c1C#N. The van der Waals surface area contributed by atoms with Crippen LogP contribution in [-0.4, -0.2) is 0 Å². The highest BCUT2D eigenvalue weighted by atomic mass is 19.4. The lowest BCUT2D eigenvalue weighted by Gasteiger charge is -2.19. The monoisotopic (exact) mass is 541 g/mol. The Bertz CT molecular complexity index is 1900. The van der Waals surface area contributed by atoms with Crippen molar-refractivity contribution in [3.63, 3.8) is 0 Å². The summed E-state index contributed by atoms with van der Waals surface area (Å²) in [5.74, 6) is 0. The van der Waals surface area contributed by atoms with E-state index >= 15 is 0 Å². The first-order valence-corrected chi connectivity index (χ1v) is 9.72. The van der Waals surface area contributed by atoms with Crippen LogP contribution in [-0.2, 0) is 12.4 Å². The lowest BCUT2D eigenvalue weighted by Crippen LogP contribution is -2.30. The van der Waals surface area contributed by atoms with Gasteiger partial charge in [0.1, 0.15) is 60.2 Å². The standard InChI is InChI=1S/C25HF6N9/c26-24(27,28)19-1-20(25(29,30)31)17(9-39)23(16(19)8-38)18(10-40)22-14(6-36)12(4-34)21(11(2-32)3-33)13(5-35)15(22)7-37/h1H. The van der Waals surface area contributed by atoms with Gasteiger partial charge in [-0.2, -0.15) is 73.7 Å². The summed E-state index contributed by atoms with van der Waals surface area (Å²) < 4.78 is 82.7. The average molecular weight is 541 g/mol. The zero-order valence-corrected chi connectivity index (χ0v) is 18.9. The van der Waals surface area contributed by atoms with Gasteiger partial charge in [0.25, 0.3) is 0 Å². The van der Waals surface area contributed by atoms with E-state index in [2.05, 4.69) is 0 Å². The van der Waals surface area contributed by atoms with Gasteiger partial charge in [0, 0.05) is 16.0 Å². The fourth-order valence-corrected chi connectivity index (χ4v) is 3.68. The fourth-order valence-electron chi connectivity index (χ4n) is 3.68. The summed E-state index contributed by atoms with van der Waals surface area (Å²) in [5.41, 5.74) is -16.0. The van der Waals surface area contributed by atoms with E-state index in [0.717, 1.165) is 12.1 Å². The van der Waals surface area contributed by atoms with Crippen molar-refractivity contribution in [2.45, 2.75) is 12.4 Å². The average Bonchev–Trinajstić information content (AvgIpc) is 2.91. The van der Waals surface area contributed by atoms with Crippen molar-refractivity contribution in [3.8, 4) is 54.6 Å². The van der Waals surface area contributed by atoms with Gasteiger partial charge in [-0.05, 0) is 6.07 Å². The Morgan fingerprint density at radius 2 is 0.800 bits per heavy atom. The molecule has 0 atom stereocenters. The number of halogens is 6. The van der Waals surface area contributed by atoms with Crippen LogP contribution < -0.4 is 10.4 Å². The molecule has 0 aliphatic heterocycles. The molecule has 0 saturated heterocycles. The van der Waals surface area contributed by atoms with Crippen LogP contribution in [0.15, 0.2) is 6.07 Å². The summed E-state index contributed by atoms with van der Waals surface area (Å²) >= 11 is 0. The van der Waals surface area contributed by atoms with Crippen molar-refractivity contribution in [1.82, 2.24) is 0 Å². The van der Waals surface area contributed by atoms with Gasteiger partial charge >= 0.3 is 12.4 Å². The summed E-state index contributed by atoms with van der Waals surface area (Å²) in [6.07, 6.45) is -11.3. The Morgan fingerprint density at radius 3 is 1.05 bits per heavy atom. The van der Waals surface area contributed by atoms with Gasteiger partial charge in [-0.25, -0.2) is 0 Å². The zero-order chi connectivity index (χ0) is 30.6. The Balaban J connectivity index is 3.79. The molecule has 2 aromatic carbocycles. The fraction of sp³-hybridized carbons (Fsp3) is 0.0800. The Kier molecular flexibility index (Phi) is 7.83. The third-order valence-corrected chi connectivity index (χ3v) is 5.19. The van der Waals surface area contributed by atoms with E-state index in [4.69, 9.17) is 0 Å². The summed E-state index contributed by atoms with van der Waals surface area (Å²) in [7, 11) is 0. The Labute approximate surface area is 218 Å². The first kappa shape index (κ1) is 29.4. The molecule has 0 aliphatic carbocycles. The molecule has 2 aromatic rings. The van der Waals surface area contributed by atoms with E-state index in [1.165, 1.54) is 42.5 Å². The molecule has 0 spiro atoms. The van der Waals surface area contributed by atoms with Crippen LogP contribution in [0, 0.1) is 102 Å². The van der Waals surface area contributed by atoms with Gasteiger partial charge in [-0.15, -0.1) is 0 Å². The van der Waals surface area contributed by atoms with Gasteiger partial charge in [0.2, 0.25) is 0 Å². The minimum absolute atomic E-state index is 0.516. The molecule has 0 fully saturated rings. The maximum atomic E-state index is 13.8. The molecule has 0 aromatic heterocycles. The first-order valence-electron chi connectivity index (χ1n) is 9.72. The van der Waals surface area contributed by atoms with E-state index in [9.17, 15) is 73.7 Å². The minimum atomic E-state index is -5.65. The van der Waals surface area contributed by atoms with Crippen LogP contribution >= 0.6 is 0 Å². The van der Waals surface area contributed by atoms with E-state index in [0.29, 0.717) is 0 Å². The molecule has 2 rings (SSSR count). The summed E-state index contributed by atoms with van der Waals surface area (Å²) in [4.78, 5) is 0. The number of nitriles is 9. The largest absolute Gasteiger partial charge is 0.417 e. The van der Waals surface area contributed by atoms with Crippen molar-refractivity contribution in [1.29, 1.82) is 47.4 Å². The van der Waals surface area contributed by atoms with E-state index in [1.807, 2.05) is 0 Å². The van der Waals surface area contributed by atoms with Gasteiger partial charge in [0.05, 0.1) is 50.1 Å². The molecule has 188 valence electrons. The molecule has 9 nitrogen and oxygen atoms in total. The van der Waals surface area contributed by atoms with Gasteiger partial charge in [-0.3, -0.25) is 0 Å². The molecule has 0 radical (unpaired) electrons. The maximum Gasteiger partial charge on any atom is 0.417 e. The molecule has 40 heavy (non-hydrogen) atoms. The first-order chi connectivity index (χ1) is 18.8. The highest BCUT2D eigenvalue weighted by molar-refractivity contribution is 5.88. The molecule has 0 saturated carbocycles. The maximum absolute atomic E-state index is 13.8. The predicted octanol–water partition coefficient (Wildman–Crippen LogP) is 2.87. The second-order valence-corrected chi connectivity index (χ2v) is 7.10. The van der Waals surface area contributed by atoms with Crippen molar-refractivity contribution in [2.75, 3.05) is 0 Å². The van der Waals surface area contributed by atoms with Gasteiger partial charge in [-0.1, -0.05) is 0 Å². The van der Waals surface area contributed by atoms with Crippen LogP contribution in [0.4, 0.5) is 26.3 Å². The Hall–Kier alpha value is -6.83. The minimum Gasteiger partial charge on any atom is -0.192 e. The summed E-state index contributed by atoms with van der Waals surface area (Å²) in [6, 6.07) is 10.7. The van der Waals surface area contributed by atoms with Crippen LogP contribution in [0.2, 0.25) is 0 Å². The zero-order valence-electron chi connectivity index (χ0n) is 18.9. The molecular formula is C25HF6N9. The number of hydrogen-bond acceptors (Lipinski definition) is 9. The molecule has 0 amide bonds. The van der Waals surface area contributed by atoms with Crippen LogP contribution in [0.3, 0.4) is 0 Å². The quantitative estimate of drug-likeness (QED) is 0.484. The summed E-state index contributed by atoms with van der Waals surface area (Å²) in [5, 5.41) is 84.5. The molecule has 0 aliphatic rings. The molecule has 0 N–H and O–H groups in total. The van der Waals surface area contributed by atoms with Crippen molar-refractivity contribution in [3.05, 3.63) is 66.6 Å². The molecule has 0 heterocycles. The van der Waals surface area contributed by atoms with Crippen LogP contribution in [0.1, 0.15) is 50.1 Å². The number of benzene rings is 2. The Morgan fingerprint density at radius 1 is 0.475 bits per heavy atom. The second kappa shape index (κ2) is 10.7. The van der Waals surface area contributed by atoms with Gasteiger partial charge < -0.3 is 0 Å². The van der Waals surface area contributed by atoms with E-state index < -0.39 is 90.1 Å². The second-order valence-electron chi connectivity index (χ2n) is 7.10. The number of alkyl halides is 6. The normalized spacial score (nSPS) is 10.0. The smallest absolute Gasteiger partial charge is 0.192 e. The number of nitrogens with zero attached hydrogens (tertiary/aromatic N) is 9. The van der Waals surface area contributed by atoms with E-state index in [1.54, 1.807) is 0 Å². The highest BCUT2D eigenvalue weighted by Gasteiger charge is 2.43. The van der Waals surface area contributed by atoms with Crippen LogP contribution in [0.5, 0.6) is 0 Å². The number of rotatable bonds is 1. The van der Waals surface area contributed by atoms with Crippen molar-refractivity contribution in [2.24, 2.45) is 0 Å². The van der Waals surface area contributed by atoms with E-state index in [-0.39, 0.29) is 0 Å². The highest BCUT2D eigenvalue weighted by Crippen LogP contribution is 2.42. The van der Waals surface area contributed by atoms with Gasteiger partial charge in [0.15, 0.2) is 0 Å². The summed E-state index contributed by atoms with van der Waals surface area (Å²) in [6.45, 7) is 0. The number of hydrogen-bond donors (Lipinski definition) is 0. The molecule has 0 unspecified atom stereocenters. The van der Waals surface area contributed by atoms with Crippen LogP contribution in [0.25, 0.3) is 11.1 Å². The third-order valence-electron chi connectivity index (χ3n) is 5.19. The third kappa shape index (κ3) is 4.53. The molecular weight excluding hydrogens is 540 g/mol. The van der Waals surface area contributed by atoms with Crippen molar-refractivity contribution >= 4 is 11.1 Å². The topological polar surface area (TPSA) is 214 Å².